The number of fused-ring (bicyclic) bond motifs is 2. The van der Waals surface area contributed by atoms with Gasteiger partial charge in [0.1, 0.15) is 0 Å². The molecule has 1 aromatic heterocycles. The fraction of sp³-hybridized carbons (Fsp3) is 0.154. The van der Waals surface area contributed by atoms with Crippen molar-refractivity contribution in [2.24, 2.45) is 0 Å². The van der Waals surface area contributed by atoms with Crippen molar-refractivity contribution < 1.29 is 35.9 Å². The Morgan fingerprint density at radius 1 is 1.03 bits per heavy atom. The summed E-state index contributed by atoms with van der Waals surface area (Å²) < 4.78 is 78.7. The van der Waals surface area contributed by atoms with Gasteiger partial charge in [0.2, 0.25) is 6.79 Å². The number of hydrogen-bond acceptors (Lipinski definition) is 7. The minimum atomic E-state index is -4.66. The van der Waals surface area contributed by atoms with E-state index in [1.807, 2.05) is 0 Å². The van der Waals surface area contributed by atoms with Crippen molar-refractivity contribution in [1.29, 1.82) is 0 Å². The number of aryl methyl sites for hydroxylation is 1. The highest BCUT2D eigenvalue weighted by Gasteiger charge is 2.31. The molecule has 0 amide bonds. The van der Waals surface area contributed by atoms with Crippen molar-refractivity contribution in [1.82, 2.24) is 4.68 Å². The van der Waals surface area contributed by atoms with Crippen molar-refractivity contribution in [3.05, 3.63) is 93.8 Å². The summed E-state index contributed by atoms with van der Waals surface area (Å²) in [6.07, 6.45) is -3.22. The van der Waals surface area contributed by atoms with E-state index in [1.165, 1.54) is 12.3 Å². The average molecular weight is 560 g/mol. The summed E-state index contributed by atoms with van der Waals surface area (Å²) in [5.41, 5.74) is -1.35. The third kappa shape index (κ3) is 5.25. The van der Waals surface area contributed by atoms with Gasteiger partial charge >= 0.3 is 6.18 Å². The van der Waals surface area contributed by atoms with Crippen LogP contribution in [0.5, 0.6) is 11.5 Å². The van der Waals surface area contributed by atoms with Crippen LogP contribution in [0.2, 0.25) is 0 Å². The van der Waals surface area contributed by atoms with E-state index in [4.69, 9.17) is 15.3 Å². The summed E-state index contributed by atoms with van der Waals surface area (Å²) in [4.78, 5) is 25.8. The topological polar surface area (TPSA) is 130 Å². The molecule has 0 aliphatic carbocycles. The van der Waals surface area contributed by atoms with Crippen LogP contribution in [0, 0.1) is 0 Å². The van der Waals surface area contributed by atoms with Gasteiger partial charge in [0.15, 0.2) is 22.7 Å². The highest BCUT2D eigenvalue weighted by molar-refractivity contribution is 7.92. The smallest absolute Gasteiger partial charge is 0.416 e. The molecule has 5 rings (SSSR count). The van der Waals surface area contributed by atoms with Crippen molar-refractivity contribution >= 4 is 32.4 Å². The Morgan fingerprint density at radius 2 is 1.79 bits per heavy atom. The number of rotatable bonds is 7. The number of carbonyl (C=O) groups excluding carboxylic acids is 1. The molecule has 3 N–H and O–H groups in total. The molecular weight excluding hydrogens is 539 g/mol. The standard InChI is InChI=1S/C26H20F3N3O6S/c27-26(28,29)16-2-1-3-17(11-16)31-39(35,36)18-6-7-21-19(12-18)25(34)20(13-32(21)30)22(33)8-4-15-5-9-23-24(10-15)38-14-37-23/h1-3,5-7,9-13,31H,4,8,14,30H2. The Morgan fingerprint density at radius 3 is 2.56 bits per heavy atom. The van der Waals surface area contributed by atoms with E-state index >= 15 is 0 Å². The van der Waals surface area contributed by atoms with Gasteiger partial charge in [-0.2, -0.15) is 13.2 Å². The Hall–Kier alpha value is -4.52. The van der Waals surface area contributed by atoms with E-state index in [-0.39, 0.29) is 35.4 Å². The molecule has 13 heteroatoms. The van der Waals surface area contributed by atoms with Crippen LogP contribution >= 0.6 is 0 Å². The van der Waals surface area contributed by atoms with Gasteiger partial charge in [0.25, 0.3) is 10.0 Å². The first-order valence-electron chi connectivity index (χ1n) is 11.5. The average Bonchev–Trinajstić information content (AvgIpc) is 3.36. The predicted octanol–water partition coefficient (Wildman–Crippen LogP) is 4.08. The molecule has 9 nitrogen and oxygen atoms in total. The van der Waals surface area contributed by atoms with E-state index < -0.39 is 37.9 Å². The normalized spacial score (nSPS) is 13.0. The summed E-state index contributed by atoms with van der Waals surface area (Å²) in [6.45, 7) is 0.109. The zero-order chi connectivity index (χ0) is 27.9. The number of nitrogen functional groups attached to an aromatic ring is 1. The number of carbonyl (C=O) groups is 1. The van der Waals surface area contributed by atoms with Crippen LogP contribution in [-0.4, -0.2) is 25.7 Å². The molecule has 3 aromatic carbocycles. The molecule has 0 saturated carbocycles. The predicted molar refractivity (Wildman–Crippen MR) is 136 cm³/mol. The number of halogens is 3. The minimum Gasteiger partial charge on any atom is -0.454 e. The maximum absolute atomic E-state index is 13.2. The summed E-state index contributed by atoms with van der Waals surface area (Å²) in [5, 5.41) is -0.140. The molecular formula is C26H20F3N3O6S. The van der Waals surface area contributed by atoms with Crippen LogP contribution < -0.4 is 25.5 Å². The number of ketones is 1. The van der Waals surface area contributed by atoms with Crippen molar-refractivity contribution in [3.63, 3.8) is 0 Å². The van der Waals surface area contributed by atoms with Crippen molar-refractivity contribution in [3.8, 4) is 11.5 Å². The van der Waals surface area contributed by atoms with Gasteiger partial charge in [-0.1, -0.05) is 12.1 Å². The van der Waals surface area contributed by atoms with Gasteiger partial charge in [0, 0.05) is 23.7 Å². The highest BCUT2D eigenvalue weighted by atomic mass is 32.2. The first-order valence-corrected chi connectivity index (χ1v) is 13.0. The zero-order valence-electron chi connectivity index (χ0n) is 20.0. The Kier molecular flexibility index (Phi) is 6.46. The number of hydrogen-bond donors (Lipinski definition) is 2. The third-order valence-corrected chi connectivity index (χ3v) is 7.51. The summed E-state index contributed by atoms with van der Waals surface area (Å²) in [5.74, 6) is 6.64. The van der Waals surface area contributed by atoms with E-state index in [0.29, 0.717) is 24.0 Å². The van der Waals surface area contributed by atoms with Crippen LogP contribution in [0.15, 0.2) is 76.6 Å². The number of sulfonamides is 1. The number of anilines is 1. The molecule has 0 bridgehead atoms. The van der Waals surface area contributed by atoms with Gasteiger partial charge in [0.05, 0.1) is 21.5 Å². The van der Waals surface area contributed by atoms with Gasteiger partial charge in [-0.15, -0.1) is 0 Å². The number of ether oxygens (including phenoxy) is 2. The Balaban J connectivity index is 1.42. The SMILES string of the molecule is Nn1cc(C(=O)CCc2ccc3c(c2)OCO3)c(=O)c2cc(S(=O)(=O)Nc3cccc(C(F)(F)F)c3)ccc21. The largest absolute Gasteiger partial charge is 0.454 e. The number of pyridine rings is 1. The molecule has 0 saturated heterocycles. The van der Waals surface area contributed by atoms with Crippen LogP contribution in [0.1, 0.15) is 27.9 Å². The second-order valence-corrected chi connectivity index (χ2v) is 10.4. The fourth-order valence-corrected chi connectivity index (χ4v) is 5.24. The summed E-state index contributed by atoms with van der Waals surface area (Å²) in [7, 11) is -4.39. The lowest BCUT2D eigenvalue weighted by atomic mass is 10.0. The first kappa shape index (κ1) is 26.1. The van der Waals surface area contributed by atoms with Crippen LogP contribution in [-0.2, 0) is 22.6 Å². The lowest BCUT2D eigenvalue weighted by Gasteiger charge is -2.13. The zero-order valence-corrected chi connectivity index (χ0v) is 20.8. The molecule has 1 aliphatic heterocycles. The second-order valence-electron chi connectivity index (χ2n) is 8.75. The lowest BCUT2D eigenvalue weighted by molar-refractivity contribution is -0.137. The van der Waals surface area contributed by atoms with Gasteiger partial charge in [-0.05, 0) is 60.5 Å². The molecule has 0 atom stereocenters. The number of Topliss-reactive ketones (excluding diaryl/α,β-unsaturated/α-hetero) is 1. The molecule has 1 aliphatic rings. The first-order chi connectivity index (χ1) is 18.4. The van der Waals surface area contributed by atoms with Crippen molar-refractivity contribution in [2.45, 2.75) is 23.9 Å². The molecule has 4 aromatic rings. The Bertz CT molecular complexity index is 1780. The van der Waals surface area contributed by atoms with Crippen LogP contribution in [0.4, 0.5) is 18.9 Å². The third-order valence-electron chi connectivity index (χ3n) is 6.13. The number of nitrogens with zero attached hydrogens (tertiary/aromatic N) is 1. The van der Waals surface area contributed by atoms with Gasteiger partial charge < -0.3 is 15.3 Å². The molecule has 202 valence electrons. The van der Waals surface area contributed by atoms with E-state index in [1.54, 1.807) is 18.2 Å². The van der Waals surface area contributed by atoms with Gasteiger partial charge in [-0.25, -0.2) is 8.42 Å². The molecule has 0 fully saturated rings. The maximum Gasteiger partial charge on any atom is 0.416 e. The lowest BCUT2D eigenvalue weighted by Crippen LogP contribution is -2.23. The maximum atomic E-state index is 13.2. The molecule has 0 radical (unpaired) electrons. The van der Waals surface area contributed by atoms with Crippen molar-refractivity contribution in [2.75, 3.05) is 17.4 Å². The number of benzene rings is 3. The highest BCUT2D eigenvalue weighted by Crippen LogP contribution is 2.33. The van der Waals surface area contributed by atoms with E-state index in [9.17, 15) is 31.2 Å². The van der Waals surface area contributed by atoms with Crippen LogP contribution in [0.25, 0.3) is 10.9 Å². The minimum absolute atomic E-state index is 0.0323. The quantitative estimate of drug-likeness (QED) is 0.258. The second kappa shape index (κ2) is 9.66. The molecule has 2 heterocycles. The summed E-state index contributed by atoms with van der Waals surface area (Å²) >= 11 is 0. The number of nitrogens with one attached hydrogen (secondary N) is 1. The monoisotopic (exact) mass is 559 g/mol. The van der Waals surface area contributed by atoms with Gasteiger partial charge in [-0.3, -0.25) is 19.0 Å². The molecule has 0 spiro atoms. The molecule has 0 unspecified atom stereocenters. The van der Waals surface area contributed by atoms with Crippen LogP contribution in [0.3, 0.4) is 0 Å². The number of alkyl halides is 3. The number of nitrogens with two attached hydrogens (primary N) is 1. The van der Waals surface area contributed by atoms with E-state index in [2.05, 4.69) is 4.72 Å². The molecule has 39 heavy (non-hydrogen) atoms. The Labute approximate surface area is 219 Å². The fourth-order valence-electron chi connectivity index (χ4n) is 4.16. The number of aromatic nitrogens is 1. The van der Waals surface area contributed by atoms with E-state index in [0.717, 1.165) is 40.6 Å². The summed E-state index contributed by atoms with van der Waals surface area (Å²) in [6, 6.07) is 12.4.